The van der Waals surface area contributed by atoms with Crippen molar-refractivity contribution >= 4 is 34.5 Å². The van der Waals surface area contributed by atoms with E-state index in [9.17, 15) is 4.79 Å². The summed E-state index contributed by atoms with van der Waals surface area (Å²) in [6, 6.07) is 11.8. The highest BCUT2D eigenvalue weighted by atomic mass is 35.5. The van der Waals surface area contributed by atoms with Crippen molar-refractivity contribution in [3.05, 3.63) is 58.0 Å². The van der Waals surface area contributed by atoms with E-state index in [1.54, 1.807) is 23.3 Å². The number of methoxy groups -OCH3 is 1. The molecule has 3 rings (SSSR count). The molecular weight excluding hydrogens is 370 g/mol. The lowest BCUT2D eigenvalue weighted by Gasteiger charge is -2.22. The molecule has 0 fully saturated rings. The number of thiophene rings is 1. The number of hydrogen-bond acceptors (Lipinski definition) is 4. The molecule has 0 saturated heterocycles. The maximum Gasteiger partial charge on any atom is 0.242 e. The molecule has 0 saturated carbocycles. The van der Waals surface area contributed by atoms with Gasteiger partial charge in [0.15, 0.2) is 0 Å². The Morgan fingerprint density at radius 3 is 2.65 bits per heavy atom. The Kier molecular flexibility index (Phi) is 5.64. The molecule has 0 unspecified atom stereocenters. The summed E-state index contributed by atoms with van der Waals surface area (Å²) in [4.78, 5) is 15.3. The van der Waals surface area contributed by atoms with Crippen molar-refractivity contribution in [1.29, 1.82) is 0 Å². The monoisotopic (exact) mass is 389 g/mol. The number of hydrogen-bond donors (Lipinski definition) is 0. The van der Waals surface area contributed by atoms with Crippen LogP contribution in [0.15, 0.2) is 41.8 Å². The number of aryl methyl sites for hydroxylation is 1. The van der Waals surface area contributed by atoms with E-state index in [1.165, 1.54) is 0 Å². The first kappa shape index (κ1) is 18.5. The highest BCUT2D eigenvalue weighted by Gasteiger charge is 2.25. The van der Waals surface area contributed by atoms with Crippen LogP contribution < -0.4 is 9.64 Å². The average molecular weight is 390 g/mol. The molecule has 0 atom stereocenters. The third-order valence-corrected chi connectivity index (χ3v) is 5.28. The molecule has 5 nitrogen and oxygen atoms in total. The number of amides is 1. The summed E-state index contributed by atoms with van der Waals surface area (Å²) in [5, 5.41) is 6.59. The second kappa shape index (κ2) is 7.93. The smallest absolute Gasteiger partial charge is 0.242 e. The molecule has 0 spiro atoms. The van der Waals surface area contributed by atoms with Gasteiger partial charge in [0.05, 0.1) is 41.3 Å². The fourth-order valence-electron chi connectivity index (χ4n) is 2.98. The second-order valence-electron chi connectivity index (χ2n) is 5.79. The van der Waals surface area contributed by atoms with Crippen LogP contribution in [0, 0.1) is 13.8 Å². The maximum atomic E-state index is 12.6. The van der Waals surface area contributed by atoms with Crippen LogP contribution in [0.3, 0.4) is 0 Å². The number of carbonyl (C=O) groups is 1. The van der Waals surface area contributed by atoms with Gasteiger partial charge in [0.1, 0.15) is 11.6 Å². The van der Waals surface area contributed by atoms with Gasteiger partial charge in [0, 0.05) is 0 Å². The van der Waals surface area contributed by atoms with Gasteiger partial charge in [0.25, 0.3) is 0 Å². The summed E-state index contributed by atoms with van der Waals surface area (Å²) in [7, 11) is 1.63. The van der Waals surface area contributed by atoms with Gasteiger partial charge in [-0.2, -0.15) is 5.10 Å². The minimum absolute atomic E-state index is 0.0942. The van der Waals surface area contributed by atoms with Crippen molar-refractivity contribution in [2.75, 3.05) is 17.9 Å². The van der Waals surface area contributed by atoms with Gasteiger partial charge in [-0.15, -0.1) is 22.9 Å². The highest BCUT2D eigenvalue weighted by Crippen LogP contribution is 2.32. The van der Waals surface area contributed by atoms with Crippen LogP contribution in [0.1, 0.15) is 16.3 Å². The Labute approximate surface area is 161 Å². The van der Waals surface area contributed by atoms with Crippen molar-refractivity contribution in [2.24, 2.45) is 0 Å². The van der Waals surface area contributed by atoms with E-state index in [2.05, 4.69) is 5.10 Å². The molecule has 2 aromatic heterocycles. The quantitative estimate of drug-likeness (QED) is 0.589. The van der Waals surface area contributed by atoms with Gasteiger partial charge < -0.3 is 9.64 Å². The Bertz CT molecular complexity index is 905. The fraction of sp³-hybridized carbons (Fsp3) is 0.263. The second-order valence-corrected chi connectivity index (χ2v) is 7.06. The van der Waals surface area contributed by atoms with Gasteiger partial charge in [-0.25, -0.2) is 4.68 Å². The molecule has 2 heterocycles. The van der Waals surface area contributed by atoms with Crippen molar-refractivity contribution in [3.63, 3.8) is 0 Å². The van der Waals surface area contributed by atoms with Gasteiger partial charge >= 0.3 is 0 Å². The molecular formula is C19H20ClN3O2S. The van der Waals surface area contributed by atoms with Crippen molar-refractivity contribution < 1.29 is 9.53 Å². The standard InChI is InChI=1S/C19H20ClN3O2S/c1-13-19(14(2)23(21-13)15-7-5-4-6-8-15)22(18(24)11-20)12-17-16(25-3)9-10-26-17/h4-10H,11-12H2,1-3H3. The normalized spacial score (nSPS) is 10.8. The Balaban J connectivity index is 2.05. The van der Waals surface area contributed by atoms with Crippen molar-refractivity contribution in [2.45, 2.75) is 20.4 Å². The number of rotatable bonds is 6. The zero-order chi connectivity index (χ0) is 18.7. The third kappa shape index (κ3) is 3.48. The average Bonchev–Trinajstić information content (AvgIpc) is 3.23. The van der Waals surface area contributed by atoms with E-state index in [0.29, 0.717) is 6.54 Å². The molecule has 136 valence electrons. The molecule has 0 aliphatic heterocycles. The first-order valence-electron chi connectivity index (χ1n) is 8.15. The van der Waals surface area contributed by atoms with Crippen LogP contribution in [0.5, 0.6) is 5.75 Å². The van der Waals surface area contributed by atoms with Crippen LogP contribution >= 0.6 is 22.9 Å². The molecule has 3 aromatic rings. The van der Waals surface area contributed by atoms with E-state index in [-0.39, 0.29) is 11.8 Å². The number of benzene rings is 1. The molecule has 0 radical (unpaired) electrons. The predicted molar refractivity (Wildman–Crippen MR) is 106 cm³/mol. The largest absolute Gasteiger partial charge is 0.496 e. The molecule has 0 bridgehead atoms. The maximum absolute atomic E-state index is 12.6. The van der Waals surface area contributed by atoms with Crippen LogP contribution in [0.2, 0.25) is 0 Å². The van der Waals surface area contributed by atoms with E-state index in [1.807, 2.05) is 60.3 Å². The zero-order valence-electron chi connectivity index (χ0n) is 14.9. The van der Waals surface area contributed by atoms with E-state index < -0.39 is 0 Å². The number of aromatic nitrogens is 2. The minimum atomic E-state index is -0.166. The molecule has 0 aliphatic rings. The summed E-state index contributed by atoms with van der Waals surface area (Å²) in [5.74, 6) is 0.511. The van der Waals surface area contributed by atoms with Crippen LogP contribution in [-0.2, 0) is 11.3 Å². The summed E-state index contributed by atoms with van der Waals surface area (Å²) in [5.41, 5.74) is 3.41. The predicted octanol–water partition coefficient (Wildman–Crippen LogP) is 4.33. The molecule has 1 aromatic carbocycles. The Morgan fingerprint density at radius 2 is 2.00 bits per heavy atom. The third-order valence-electron chi connectivity index (χ3n) is 4.17. The summed E-state index contributed by atoms with van der Waals surface area (Å²) in [6.07, 6.45) is 0. The lowest BCUT2D eigenvalue weighted by atomic mass is 10.2. The number of alkyl halides is 1. The fourth-order valence-corrected chi connectivity index (χ4v) is 3.95. The number of nitrogens with zero attached hydrogens (tertiary/aromatic N) is 3. The molecule has 7 heteroatoms. The summed E-state index contributed by atoms with van der Waals surface area (Å²) >= 11 is 7.44. The zero-order valence-corrected chi connectivity index (χ0v) is 16.5. The number of anilines is 1. The number of para-hydroxylation sites is 1. The van der Waals surface area contributed by atoms with Crippen LogP contribution in [-0.4, -0.2) is 28.7 Å². The first-order valence-corrected chi connectivity index (χ1v) is 9.56. The van der Waals surface area contributed by atoms with E-state index >= 15 is 0 Å². The number of carbonyl (C=O) groups excluding carboxylic acids is 1. The van der Waals surface area contributed by atoms with Crippen molar-refractivity contribution in [1.82, 2.24) is 9.78 Å². The minimum Gasteiger partial charge on any atom is -0.496 e. The van der Waals surface area contributed by atoms with Gasteiger partial charge in [-0.1, -0.05) is 18.2 Å². The van der Waals surface area contributed by atoms with Crippen LogP contribution in [0.25, 0.3) is 5.69 Å². The number of ether oxygens (including phenoxy) is 1. The lowest BCUT2D eigenvalue weighted by Crippen LogP contribution is -2.32. The SMILES string of the molecule is COc1ccsc1CN(C(=O)CCl)c1c(C)nn(-c2ccccc2)c1C. The molecule has 0 aliphatic carbocycles. The van der Waals surface area contributed by atoms with Crippen molar-refractivity contribution in [3.8, 4) is 11.4 Å². The first-order chi connectivity index (χ1) is 12.6. The number of halogens is 1. The van der Waals surface area contributed by atoms with E-state index in [0.717, 1.165) is 33.4 Å². The van der Waals surface area contributed by atoms with Gasteiger partial charge in [-0.3, -0.25) is 4.79 Å². The lowest BCUT2D eigenvalue weighted by molar-refractivity contribution is -0.116. The Hall–Kier alpha value is -2.31. The van der Waals surface area contributed by atoms with E-state index in [4.69, 9.17) is 16.3 Å². The van der Waals surface area contributed by atoms with Gasteiger partial charge in [0.2, 0.25) is 5.91 Å². The summed E-state index contributed by atoms with van der Waals surface area (Å²) < 4.78 is 7.24. The van der Waals surface area contributed by atoms with Gasteiger partial charge in [-0.05, 0) is 37.4 Å². The Morgan fingerprint density at radius 1 is 1.27 bits per heavy atom. The topological polar surface area (TPSA) is 47.4 Å². The molecule has 0 N–H and O–H groups in total. The molecule has 1 amide bonds. The van der Waals surface area contributed by atoms with Crippen LogP contribution in [0.4, 0.5) is 5.69 Å². The summed E-state index contributed by atoms with van der Waals surface area (Å²) in [6.45, 7) is 4.26. The molecule has 26 heavy (non-hydrogen) atoms. The highest BCUT2D eigenvalue weighted by molar-refractivity contribution is 7.10.